The van der Waals surface area contributed by atoms with E-state index in [0.717, 1.165) is 26.2 Å². The summed E-state index contributed by atoms with van der Waals surface area (Å²) in [4.78, 5) is 2.51. The van der Waals surface area contributed by atoms with Crippen molar-refractivity contribution in [2.24, 2.45) is 0 Å². The number of rotatable bonds is 5. The van der Waals surface area contributed by atoms with Crippen molar-refractivity contribution in [1.82, 2.24) is 10.2 Å². The fourth-order valence-electron chi connectivity index (χ4n) is 2.80. The van der Waals surface area contributed by atoms with E-state index in [9.17, 15) is 0 Å². The first kappa shape index (κ1) is 15.5. The van der Waals surface area contributed by atoms with Crippen LogP contribution in [0.15, 0.2) is 24.3 Å². The van der Waals surface area contributed by atoms with Gasteiger partial charge in [0, 0.05) is 25.7 Å². The van der Waals surface area contributed by atoms with Crippen LogP contribution in [-0.4, -0.2) is 43.8 Å². The molecule has 0 radical (unpaired) electrons. The predicted octanol–water partition coefficient (Wildman–Crippen LogP) is 2.62. The first-order chi connectivity index (χ1) is 9.60. The molecule has 1 fully saturated rings. The molecule has 1 aliphatic heterocycles. The SMILES string of the molecule is CNCC(C)c1ccc(CN2CC(C)OCC2C)cc1. The van der Waals surface area contributed by atoms with Gasteiger partial charge in [-0.2, -0.15) is 0 Å². The molecule has 1 saturated heterocycles. The molecule has 0 aliphatic carbocycles. The molecule has 112 valence electrons. The molecule has 0 amide bonds. The Bertz CT molecular complexity index is 404. The Morgan fingerprint density at radius 1 is 1.30 bits per heavy atom. The number of nitrogens with zero attached hydrogens (tertiary/aromatic N) is 1. The fourth-order valence-corrected chi connectivity index (χ4v) is 2.80. The molecule has 1 N–H and O–H groups in total. The van der Waals surface area contributed by atoms with Crippen molar-refractivity contribution in [3.63, 3.8) is 0 Å². The maximum Gasteiger partial charge on any atom is 0.0674 e. The van der Waals surface area contributed by atoms with Crippen molar-refractivity contribution < 1.29 is 4.74 Å². The summed E-state index contributed by atoms with van der Waals surface area (Å²) in [7, 11) is 2.01. The van der Waals surface area contributed by atoms with Crippen molar-refractivity contribution in [2.75, 3.05) is 26.7 Å². The van der Waals surface area contributed by atoms with Gasteiger partial charge in [0.25, 0.3) is 0 Å². The second kappa shape index (κ2) is 7.21. The Morgan fingerprint density at radius 2 is 2.00 bits per heavy atom. The minimum atomic E-state index is 0.348. The van der Waals surface area contributed by atoms with Gasteiger partial charge in [-0.05, 0) is 37.9 Å². The maximum atomic E-state index is 5.69. The lowest BCUT2D eigenvalue weighted by molar-refractivity contribution is -0.0526. The molecule has 3 unspecified atom stereocenters. The second-order valence-corrected chi connectivity index (χ2v) is 6.12. The van der Waals surface area contributed by atoms with Crippen LogP contribution in [0, 0.1) is 0 Å². The quantitative estimate of drug-likeness (QED) is 0.895. The molecule has 0 saturated carbocycles. The summed E-state index contributed by atoms with van der Waals surface area (Å²) in [6.07, 6.45) is 0.348. The van der Waals surface area contributed by atoms with E-state index >= 15 is 0 Å². The zero-order valence-corrected chi connectivity index (χ0v) is 13.2. The smallest absolute Gasteiger partial charge is 0.0674 e. The Morgan fingerprint density at radius 3 is 2.65 bits per heavy atom. The highest BCUT2D eigenvalue weighted by Gasteiger charge is 2.23. The van der Waals surface area contributed by atoms with Gasteiger partial charge in [0.15, 0.2) is 0 Å². The van der Waals surface area contributed by atoms with Crippen molar-refractivity contribution >= 4 is 0 Å². The highest BCUT2D eigenvalue weighted by Crippen LogP contribution is 2.18. The molecule has 3 atom stereocenters. The summed E-state index contributed by atoms with van der Waals surface area (Å²) >= 11 is 0. The van der Waals surface area contributed by atoms with Crippen molar-refractivity contribution in [1.29, 1.82) is 0 Å². The van der Waals surface area contributed by atoms with E-state index in [-0.39, 0.29) is 0 Å². The number of benzene rings is 1. The van der Waals surface area contributed by atoms with Crippen LogP contribution in [0.3, 0.4) is 0 Å². The van der Waals surface area contributed by atoms with E-state index in [1.165, 1.54) is 11.1 Å². The third kappa shape index (κ3) is 4.05. The predicted molar refractivity (Wildman–Crippen MR) is 84.1 cm³/mol. The van der Waals surface area contributed by atoms with E-state index in [1.54, 1.807) is 0 Å². The lowest BCUT2D eigenvalue weighted by Gasteiger charge is -2.36. The Kier molecular flexibility index (Phi) is 5.58. The standard InChI is InChI=1S/C17H28N2O/c1-13(9-18-4)17-7-5-16(6-8-17)11-19-10-15(3)20-12-14(19)2/h5-8,13-15,18H,9-12H2,1-4H3. The van der Waals surface area contributed by atoms with Gasteiger partial charge in [0.05, 0.1) is 12.7 Å². The lowest BCUT2D eigenvalue weighted by Crippen LogP contribution is -2.46. The molecule has 3 nitrogen and oxygen atoms in total. The van der Waals surface area contributed by atoms with Gasteiger partial charge < -0.3 is 10.1 Å². The minimum Gasteiger partial charge on any atom is -0.376 e. The Balaban J connectivity index is 1.96. The molecule has 1 heterocycles. The zero-order chi connectivity index (χ0) is 14.5. The van der Waals surface area contributed by atoms with Gasteiger partial charge in [-0.15, -0.1) is 0 Å². The van der Waals surface area contributed by atoms with Gasteiger partial charge in [-0.25, -0.2) is 0 Å². The minimum absolute atomic E-state index is 0.348. The third-order valence-corrected chi connectivity index (χ3v) is 4.18. The number of ether oxygens (including phenoxy) is 1. The molecule has 3 heteroatoms. The van der Waals surface area contributed by atoms with Gasteiger partial charge in [0.2, 0.25) is 0 Å². The van der Waals surface area contributed by atoms with E-state index in [4.69, 9.17) is 4.74 Å². The summed E-state index contributed by atoms with van der Waals surface area (Å²) < 4.78 is 5.69. The largest absolute Gasteiger partial charge is 0.376 e. The molecular weight excluding hydrogens is 248 g/mol. The number of hydrogen-bond donors (Lipinski definition) is 1. The van der Waals surface area contributed by atoms with Crippen LogP contribution < -0.4 is 5.32 Å². The summed E-state index contributed by atoms with van der Waals surface area (Å²) in [6, 6.07) is 9.59. The Hall–Kier alpha value is -0.900. The molecule has 2 rings (SSSR count). The lowest BCUT2D eigenvalue weighted by atomic mass is 9.99. The van der Waals surface area contributed by atoms with Gasteiger partial charge in [-0.3, -0.25) is 4.90 Å². The van der Waals surface area contributed by atoms with E-state index in [2.05, 4.69) is 55.3 Å². The number of morpholine rings is 1. The highest BCUT2D eigenvalue weighted by atomic mass is 16.5. The van der Waals surface area contributed by atoms with Crippen LogP contribution in [0.1, 0.15) is 37.8 Å². The molecule has 20 heavy (non-hydrogen) atoms. The first-order valence-electron chi connectivity index (χ1n) is 7.69. The number of likely N-dealkylation sites (N-methyl/N-ethyl adjacent to an activating group) is 1. The van der Waals surface area contributed by atoms with Crippen LogP contribution in [-0.2, 0) is 11.3 Å². The number of hydrogen-bond acceptors (Lipinski definition) is 3. The Labute approximate surface area is 123 Å². The molecule has 0 bridgehead atoms. The first-order valence-corrected chi connectivity index (χ1v) is 7.69. The molecule has 0 spiro atoms. The summed E-state index contributed by atoms with van der Waals surface area (Å²) in [6.45, 7) is 10.6. The van der Waals surface area contributed by atoms with Crippen LogP contribution in [0.25, 0.3) is 0 Å². The van der Waals surface area contributed by atoms with E-state index in [0.29, 0.717) is 18.1 Å². The van der Waals surface area contributed by atoms with E-state index < -0.39 is 0 Å². The van der Waals surface area contributed by atoms with E-state index in [1.807, 2.05) is 7.05 Å². The zero-order valence-electron chi connectivity index (χ0n) is 13.2. The number of nitrogens with one attached hydrogen (secondary N) is 1. The average molecular weight is 276 g/mol. The molecule has 0 aromatic heterocycles. The van der Waals surface area contributed by atoms with Crippen LogP contribution in [0.5, 0.6) is 0 Å². The van der Waals surface area contributed by atoms with Gasteiger partial charge >= 0.3 is 0 Å². The summed E-state index contributed by atoms with van der Waals surface area (Å²) in [5.41, 5.74) is 2.80. The summed E-state index contributed by atoms with van der Waals surface area (Å²) in [5, 5.41) is 3.23. The molecular formula is C17H28N2O. The van der Waals surface area contributed by atoms with Gasteiger partial charge in [0.1, 0.15) is 0 Å². The topological polar surface area (TPSA) is 24.5 Å². The van der Waals surface area contributed by atoms with Crippen molar-refractivity contribution in [2.45, 2.75) is 45.4 Å². The normalized spacial score (nSPS) is 25.6. The molecule has 1 aromatic carbocycles. The monoisotopic (exact) mass is 276 g/mol. The van der Waals surface area contributed by atoms with Crippen molar-refractivity contribution in [3.05, 3.63) is 35.4 Å². The average Bonchev–Trinajstić information content (AvgIpc) is 2.44. The fraction of sp³-hybridized carbons (Fsp3) is 0.647. The van der Waals surface area contributed by atoms with Gasteiger partial charge in [-0.1, -0.05) is 31.2 Å². The van der Waals surface area contributed by atoms with Crippen molar-refractivity contribution in [3.8, 4) is 0 Å². The highest BCUT2D eigenvalue weighted by molar-refractivity contribution is 5.25. The third-order valence-electron chi connectivity index (χ3n) is 4.18. The second-order valence-electron chi connectivity index (χ2n) is 6.12. The van der Waals surface area contributed by atoms with Crippen LogP contribution in [0.2, 0.25) is 0 Å². The summed E-state index contributed by atoms with van der Waals surface area (Å²) in [5.74, 6) is 0.566. The molecule has 1 aromatic rings. The maximum absolute atomic E-state index is 5.69. The van der Waals surface area contributed by atoms with Crippen LogP contribution >= 0.6 is 0 Å². The molecule has 1 aliphatic rings. The van der Waals surface area contributed by atoms with Crippen LogP contribution in [0.4, 0.5) is 0 Å².